The average Bonchev–Trinajstić information content (AvgIpc) is 1.55. The van der Waals surface area contributed by atoms with Crippen LogP contribution in [0.5, 0.6) is 0 Å². The van der Waals surface area contributed by atoms with Crippen LogP contribution in [0.25, 0.3) is 198 Å². The van der Waals surface area contributed by atoms with Crippen molar-refractivity contribution in [2.24, 2.45) is 0 Å². The van der Waals surface area contributed by atoms with Gasteiger partial charge in [0.2, 0.25) is 0 Å². The van der Waals surface area contributed by atoms with Gasteiger partial charge in [0.25, 0.3) is 0 Å². The van der Waals surface area contributed by atoms with Gasteiger partial charge in [0, 0.05) is 98.3 Å². The first-order chi connectivity index (χ1) is 53.5. The van der Waals surface area contributed by atoms with Crippen LogP contribution in [0.15, 0.2) is 360 Å². The molecule has 0 spiro atoms. The lowest BCUT2D eigenvalue weighted by Gasteiger charge is -2.26. The van der Waals surface area contributed by atoms with E-state index in [-0.39, 0.29) is 0 Å². The van der Waals surface area contributed by atoms with Crippen LogP contribution < -0.4 is 9.80 Å². The van der Waals surface area contributed by atoms with E-state index in [4.69, 9.17) is 26.5 Å². The molecule has 0 amide bonds. The van der Waals surface area contributed by atoms with Crippen molar-refractivity contribution < 1.29 is 26.5 Å². The van der Waals surface area contributed by atoms with Crippen molar-refractivity contribution >= 4 is 187 Å². The van der Waals surface area contributed by atoms with E-state index in [1.54, 1.807) is 0 Å². The number of rotatable bonds is 10. The summed E-state index contributed by atoms with van der Waals surface area (Å²) in [5, 5.41) is 26.5. The summed E-state index contributed by atoms with van der Waals surface area (Å²) < 4.78 is 42.8. The third-order valence-corrected chi connectivity index (χ3v) is 22.0. The molecule has 17 aromatic carbocycles. The number of anilines is 6. The third-order valence-electron chi connectivity index (χ3n) is 22.0. The number of hydrogen-bond donors (Lipinski definition) is 0. The van der Waals surface area contributed by atoms with Crippen molar-refractivity contribution in [3.63, 3.8) is 0 Å². The van der Waals surface area contributed by atoms with Gasteiger partial charge < -0.3 is 36.3 Å². The lowest BCUT2D eigenvalue weighted by molar-refractivity contribution is 0.663. The molecular formula is C99H55N3O6. The molecule has 0 saturated heterocycles. The SMILES string of the molecule is N#Cc1c2oc3cc4cc(N(c5cccc6c5oc5c(-c7ccccc7)cccc56)c5cccc6c5oc5c(-c7ccccc7)cccc56)ccc4cc3c2cc2oc3cc4cc(N(c5cccc6c5oc5c(-c7ccccc7)cccc56)c5cccc6c5oc5c(-c7ccccc7)cccc56)ccc4cc3c12. The van der Waals surface area contributed by atoms with Crippen LogP contribution in [0.1, 0.15) is 5.56 Å². The molecule has 0 N–H and O–H groups in total. The van der Waals surface area contributed by atoms with Crippen LogP contribution in [0, 0.1) is 11.3 Å². The highest BCUT2D eigenvalue weighted by Gasteiger charge is 2.29. The van der Waals surface area contributed by atoms with Gasteiger partial charge in [-0.1, -0.05) is 255 Å². The van der Waals surface area contributed by atoms with Crippen LogP contribution >= 0.6 is 0 Å². The Morgan fingerprint density at radius 3 is 0.889 bits per heavy atom. The number of fused-ring (bicyclic) bond motifs is 20. The average molecular weight is 1380 g/mol. The Morgan fingerprint density at radius 2 is 0.537 bits per heavy atom. The zero-order valence-electron chi connectivity index (χ0n) is 57.5. The standard InChI is InChI=1S/C99H55N3O6/c100-56-82-90-81-52-62-46-48-66(102(85-43-19-39-77-73-35-15-31-69(93(73)107-98(77)85)59-25-9-3-10-26-59)86-44-20-40-78-74-36-16-32-70(94(74)108-99(78)86)60-27-11-4-12-28-60)50-64(62)54-88(81)103-89(90)55-80-79-51-61-45-47-65(49-63(61)53-87(79)104-95(80)82)101(83-41-17-37-75-71-33-13-29-67(91(71)105-96(75)83)57-21-5-1-6-22-57)84-42-18-38-76-72-34-14-30-68(92(72)106-97(76)84)58-23-7-2-8-24-58/h1-55H. The van der Waals surface area contributed by atoms with Gasteiger partial charge in [-0.3, -0.25) is 0 Å². The minimum absolute atomic E-state index is 0.405. The highest BCUT2D eigenvalue weighted by atomic mass is 16.4. The summed E-state index contributed by atoms with van der Waals surface area (Å²) in [5.74, 6) is 0. The Bertz CT molecular complexity index is 7110. The lowest BCUT2D eigenvalue weighted by Crippen LogP contribution is -2.10. The Balaban J connectivity index is 0.676. The zero-order valence-corrected chi connectivity index (χ0v) is 57.5. The molecule has 6 heterocycles. The minimum Gasteiger partial charge on any atom is -0.456 e. The molecule has 0 bridgehead atoms. The maximum Gasteiger partial charge on any atom is 0.159 e. The number of para-hydroxylation sites is 8. The van der Waals surface area contributed by atoms with Gasteiger partial charge in [-0.2, -0.15) is 5.26 Å². The van der Waals surface area contributed by atoms with Crippen LogP contribution in [0.2, 0.25) is 0 Å². The molecule has 502 valence electrons. The Hall–Kier alpha value is -14.9. The van der Waals surface area contributed by atoms with Crippen molar-refractivity contribution in [3.05, 3.63) is 339 Å². The molecule has 108 heavy (non-hydrogen) atoms. The van der Waals surface area contributed by atoms with E-state index >= 15 is 0 Å². The van der Waals surface area contributed by atoms with E-state index < -0.39 is 0 Å². The second-order valence-electron chi connectivity index (χ2n) is 28.0. The molecule has 6 aromatic heterocycles. The second kappa shape index (κ2) is 23.1. The Kier molecular flexibility index (Phi) is 12.7. The molecule has 0 fully saturated rings. The number of hydrogen-bond acceptors (Lipinski definition) is 9. The van der Waals surface area contributed by atoms with Crippen LogP contribution in [-0.4, -0.2) is 0 Å². The van der Waals surface area contributed by atoms with Gasteiger partial charge in [-0.05, 0) is 123 Å². The van der Waals surface area contributed by atoms with E-state index in [1.165, 1.54) is 0 Å². The van der Waals surface area contributed by atoms with E-state index in [0.717, 1.165) is 204 Å². The van der Waals surface area contributed by atoms with Crippen molar-refractivity contribution in [3.8, 4) is 50.6 Å². The summed E-state index contributed by atoms with van der Waals surface area (Å²) in [5.41, 5.74) is 22.5. The van der Waals surface area contributed by atoms with Gasteiger partial charge in [-0.25, -0.2) is 0 Å². The first-order valence-electron chi connectivity index (χ1n) is 36.2. The van der Waals surface area contributed by atoms with Crippen LogP contribution in [-0.2, 0) is 0 Å². The fraction of sp³-hybridized carbons (Fsp3) is 0. The Morgan fingerprint density at radius 1 is 0.213 bits per heavy atom. The van der Waals surface area contributed by atoms with E-state index in [2.05, 4.69) is 319 Å². The van der Waals surface area contributed by atoms with Gasteiger partial charge in [0.15, 0.2) is 27.9 Å². The predicted molar refractivity (Wildman–Crippen MR) is 441 cm³/mol. The molecular weight excluding hydrogens is 1330 g/mol. The number of furan rings is 6. The zero-order chi connectivity index (χ0) is 70.8. The van der Waals surface area contributed by atoms with Crippen LogP contribution in [0.4, 0.5) is 34.1 Å². The van der Waals surface area contributed by atoms with Gasteiger partial charge in [0.05, 0.1) is 22.7 Å². The smallest absolute Gasteiger partial charge is 0.159 e. The molecule has 0 aliphatic rings. The third kappa shape index (κ3) is 8.86. The fourth-order valence-corrected chi connectivity index (χ4v) is 17.1. The predicted octanol–water partition coefficient (Wildman–Crippen LogP) is 28.9. The van der Waals surface area contributed by atoms with Crippen molar-refractivity contribution in [1.82, 2.24) is 0 Å². The van der Waals surface area contributed by atoms with Gasteiger partial charge in [-0.15, -0.1) is 0 Å². The molecule has 23 rings (SSSR count). The maximum absolute atomic E-state index is 11.5. The quantitative estimate of drug-likeness (QED) is 0.132. The van der Waals surface area contributed by atoms with Crippen molar-refractivity contribution in [1.29, 1.82) is 5.26 Å². The monoisotopic (exact) mass is 1380 g/mol. The molecule has 9 nitrogen and oxygen atoms in total. The summed E-state index contributed by atoms with van der Waals surface area (Å²) in [6.45, 7) is 0. The second-order valence-corrected chi connectivity index (χ2v) is 28.0. The Labute approximate surface area is 614 Å². The normalized spacial score (nSPS) is 12.1. The molecule has 23 aromatic rings. The molecule has 9 heteroatoms. The molecule has 0 aliphatic carbocycles. The molecule has 0 radical (unpaired) electrons. The summed E-state index contributed by atoms with van der Waals surface area (Å²) in [4.78, 5) is 4.54. The molecule has 0 unspecified atom stereocenters. The summed E-state index contributed by atoms with van der Waals surface area (Å²) in [6, 6.07) is 119. The van der Waals surface area contributed by atoms with Gasteiger partial charge >= 0.3 is 0 Å². The summed E-state index contributed by atoms with van der Waals surface area (Å²) in [6.07, 6.45) is 0. The fourth-order valence-electron chi connectivity index (χ4n) is 17.1. The maximum atomic E-state index is 11.5. The number of nitriles is 1. The van der Waals surface area contributed by atoms with E-state index in [0.29, 0.717) is 33.3 Å². The highest BCUT2D eigenvalue weighted by Crippen LogP contribution is 2.53. The van der Waals surface area contributed by atoms with E-state index in [9.17, 15) is 5.26 Å². The van der Waals surface area contributed by atoms with E-state index in [1.807, 2.05) is 30.3 Å². The molecule has 0 atom stereocenters. The topological polar surface area (TPSA) is 109 Å². The largest absolute Gasteiger partial charge is 0.456 e. The first kappa shape index (κ1) is 59.7. The highest BCUT2D eigenvalue weighted by molar-refractivity contribution is 6.24. The van der Waals surface area contributed by atoms with Crippen molar-refractivity contribution in [2.45, 2.75) is 0 Å². The van der Waals surface area contributed by atoms with Crippen molar-refractivity contribution in [2.75, 3.05) is 9.80 Å². The minimum atomic E-state index is 0.405. The van der Waals surface area contributed by atoms with Gasteiger partial charge in [0.1, 0.15) is 50.7 Å². The number of nitrogens with zero attached hydrogens (tertiary/aromatic N) is 3. The summed E-state index contributed by atoms with van der Waals surface area (Å²) >= 11 is 0. The molecule has 0 saturated carbocycles. The number of benzene rings is 17. The lowest BCUT2D eigenvalue weighted by atomic mass is 9.99. The van der Waals surface area contributed by atoms with Crippen LogP contribution in [0.3, 0.4) is 0 Å². The summed E-state index contributed by atoms with van der Waals surface area (Å²) in [7, 11) is 0. The molecule has 0 aliphatic heterocycles. The first-order valence-corrected chi connectivity index (χ1v) is 36.2.